The number of nitro benzene ring substituents is 1. The third kappa shape index (κ3) is 3.29. The van der Waals surface area contributed by atoms with E-state index in [-0.39, 0.29) is 24.4 Å². The summed E-state index contributed by atoms with van der Waals surface area (Å²) in [6.45, 7) is 3.90. The van der Waals surface area contributed by atoms with E-state index in [0.29, 0.717) is 0 Å². The van der Waals surface area contributed by atoms with E-state index in [9.17, 15) is 10.1 Å². The standard InChI is InChI=1S/C11H16N2O3/c1-8(7-14)12-9(2)10-3-5-11(6-4-10)13(15)16/h3-6,8-9,12,14H,7H2,1-2H3/t8-,9?/m0/s1. The van der Waals surface area contributed by atoms with Gasteiger partial charge in [-0.05, 0) is 19.4 Å². The highest BCUT2D eigenvalue weighted by Gasteiger charge is 2.10. The molecule has 16 heavy (non-hydrogen) atoms. The minimum Gasteiger partial charge on any atom is -0.395 e. The molecule has 0 saturated carbocycles. The van der Waals surface area contributed by atoms with Crippen molar-refractivity contribution in [3.63, 3.8) is 0 Å². The minimum atomic E-state index is -0.418. The summed E-state index contributed by atoms with van der Waals surface area (Å²) in [5, 5.41) is 22.5. The van der Waals surface area contributed by atoms with Gasteiger partial charge in [0.2, 0.25) is 0 Å². The van der Waals surface area contributed by atoms with Crippen LogP contribution in [0.15, 0.2) is 24.3 Å². The molecule has 0 aromatic heterocycles. The molecular formula is C11H16N2O3. The molecule has 5 heteroatoms. The lowest BCUT2D eigenvalue weighted by Crippen LogP contribution is -2.31. The van der Waals surface area contributed by atoms with Crippen molar-refractivity contribution in [3.8, 4) is 0 Å². The fourth-order valence-electron chi connectivity index (χ4n) is 1.46. The Kier molecular flexibility index (Phi) is 4.39. The van der Waals surface area contributed by atoms with Gasteiger partial charge in [0.15, 0.2) is 0 Å². The minimum absolute atomic E-state index is 0.00481. The van der Waals surface area contributed by atoms with Gasteiger partial charge in [-0.1, -0.05) is 12.1 Å². The molecule has 0 spiro atoms. The van der Waals surface area contributed by atoms with Crippen LogP contribution in [0.2, 0.25) is 0 Å². The van der Waals surface area contributed by atoms with Crippen LogP contribution in [-0.4, -0.2) is 22.7 Å². The highest BCUT2D eigenvalue weighted by Crippen LogP contribution is 2.17. The van der Waals surface area contributed by atoms with Gasteiger partial charge in [0.1, 0.15) is 0 Å². The molecule has 0 fully saturated rings. The van der Waals surface area contributed by atoms with Crippen molar-refractivity contribution < 1.29 is 10.0 Å². The molecule has 0 heterocycles. The molecule has 0 aliphatic rings. The molecule has 0 bridgehead atoms. The van der Waals surface area contributed by atoms with Gasteiger partial charge in [-0.2, -0.15) is 0 Å². The van der Waals surface area contributed by atoms with Crippen molar-refractivity contribution in [3.05, 3.63) is 39.9 Å². The Morgan fingerprint density at radius 3 is 2.38 bits per heavy atom. The maximum Gasteiger partial charge on any atom is 0.269 e. The Morgan fingerprint density at radius 2 is 1.94 bits per heavy atom. The first-order chi connectivity index (χ1) is 7.54. The molecule has 2 atom stereocenters. The summed E-state index contributed by atoms with van der Waals surface area (Å²) >= 11 is 0. The molecule has 2 N–H and O–H groups in total. The average molecular weight is 224 g/mol. The van der Waals surface area contributed by atoms with Gasteiger partial charge in [-0.15, -0.1) is 0 Å². The van der Waals surface area contributed by atoms with Gasteiger partial charge in [0.25, 0.3) is 5.69 Å². The number of nitro groups is 1. The van der Waals surface area contributed by atoms with E-state index in [4.69, 9.17) is 5.11 Å². The van der Waals surface area contributed by atoms with E-state index < -0.39 is 4.92 Å². The third-order valence-electron chi connectivity index (χ3n) is 2.41. The topological polar surface area (TPSA) is 75.4 Å². The SMILES string of the molecule is CC(N[C@@H](C)CO)c1ccc([N+](=O)[O-])cc1. The molecule has 1 rings (SSSR count). The summed E-state index contributed by atoms with van der Waals surface area (Å²) < 4.78 is 0. The predicted octanol–water partition coefficient (Wildman–Crippen LogP) is 1.63. The van der Waals surface area contributed by atoms with Gasteiger partial charge >= 0.3 is 0 Å². The number of aliphatic hydroxyl groups excluding tert-OH is 1. The molecule has 1 aromatic carbocycles. The Morgan fingerprint density at radius 1 is 1.38 bits per heavy atom. The molecule has 0 radical (unpaired) electrons. The molecule has 0 aliphatic heterocycles. The quantitative estimate of drug-likeness (QED) is 0.588. The first-order valence-electron chi connectivity index (χ1n) is 5.16. The van der Waals surface area contributed by atoms with Crippen LogP contribution < -0.4 is 5.32 Å². The van der Waals surface area contributed by atoms with Gasteiger partial charge in [-0.25, -0.2) is 0 Å². The second-order valence-electron chi connectivity index (χ2n) is 3.82. The van der Waals surface area contributed by atoms with Crippen molar-refractivity contribution in [1.29, 1.82) is 0 Å². The third-order valence-corrected chi connectivity index (χ3v) is 2.41. The summed E-state index contributed by atoms with van der Waals surface area (Å²) in [6, 6.07) is 6.47. The summed E-state index contributed by atoms with van der Waals surface area (Å²) in [6.07, 6.45) is 0. The fourth-order valence-corrected chi connectivity index (χ4v) is 1.46. The monoisotopic (exact) mass is 224 g/mol. The molecule has 0 saturated heterocycles. The molecular weight excluding hydrogens is 208 g/mol. The van der Waals surface area contributed by atoms with Gasteiger partial charge in [0, 0.05) is 24.2 Å². The maximum absolute atomic E-state index is 10.5. The van der Waals surface area contributed by atoms with Gasteiger partial charge in [-0.3, -0.25) is 10.1 Å². The molecule has 1 aromatic rings. The largest absolute Gasteiger partial charge is 0.395 e. The lowest BCUT2D eigenvalue weighted by molar-refractivity contribution is -0.384. The van der Waals surface area contributed by atoms with E-state index in [1.54, 1.807) is 12.1 Å². The normalized spacial score (nSPS) is 14.4. The van der Waals surface area contributed by atoms with Crippen LogP contribution in [0.4, 0.5) is 5.69 Å². The van der Waals surface area contributed by atoms with Gasteiger partial charge in [0.05, 0.1) is 11.5 Å². The molecule has 0 aliphatic carbocycles. The van der Waals surface area contributed by atoms with Crippen LogP contribution in [0, 0.1) is 10.1 Å². The average Bonchev–Trinajstić information content (AvgIpc) is 2.28. The summed E-state index contributed by atoms with van der Waals surface area (Å²) in [7, 11) is 0. The lowest BCUT2D eigenvalue weighted by atomic mass is 10.1. The number of hydrogen-bond acceptors (Lipinski definition) is 4. The molecule has 1 unspecified atom stereocenters. The number of non-ortho nitro benzene ring substituents is 1. The fraction of sp³-hybridized carbons (Fsp3) is 0.455. The molecule has 88 valence electrons. The first kappa shape index (κ1) is 12.6. The van der Waals surface area contributed by atoms with Crippen LogP contribution >= 0.6 is 0 Å². The first-order valence-corrected chi connectivity index (χ1v) is 5.16. The van der Waals surface area contributed by atoms with Crippen molar-refractivity contribution in [2.24, 2.45) is 0 Å². The lowest BCUT2D eigenvalue weighted by Gasteiger charge is -2.18. The zero-order valence-electron chi connectivity index (χ0n) is 9.38. The number of nitrogens with zero attached hydrogens (tertiary/aromatic N) is 1. The van der Waals surface area contributed by atoms with Gasteiger partial charge < -0.3 is 10.4 Å². The van der Waals surface area contributed by atoms with E-state index in [2.05, 4.69) is 5.32 Å². The Balaban J connectivity index is 2.70. The van der Waals surface area contributed by atoms with Crippen LogP contribution in [-0.2, 0) is 0 Å². The summed E-state index contributed by atoms with van der Waals surface area (Å²) in [5.74, 6) is 0. The number of rotatable bonds is 5. The van der Waals surface area contributed by atoms with Crippen molar-refractivity contribution >= 4 is 5.69 Å². The Labute approximate surface area is 94.3 Å². The number of aliphatic hydroxyl groups is 1. The zero-order valence-corrected chi connectivity index (χ0v) is 9.38. The Bertz CT molecular complexity index is 351. The van der Waals surface area contributed by atoms with E-state index in [1.807, 2.05) is 13.8 Å². The van der Waals surface area contributed by atoms with Crippen molar-refractivity contribution in [1.82, 2.24) is 5.32 Å². The van der Waals surface area contributed by atoms with Crippen LogP contribution in [0.5, 0.6) is 0 Å². The highest BCUT2D eigenvalue weighted by atomic mass is 16.6. The van der Waals surface area contributed by atoms with Crippen molar-refractivity contribution in [2.45, 2.75) is 25.9 Å². The van der Waals surface area contributed by atoms with E-state index in [0.717, 1.165) is 5.56 Å². The second kappa shape index (κ2) is 5.58. The van der Waals surface area contributed by atoms with Crippen LogP contribution in [0.25, 0.3) is 0 Å². The Hall–Kier alpha value is -1.46. The number of nitrogens with one attached hydrogen (secondary N) is 1. The molecule has 5 nitrogen and oxygen atoms in total. The highest BCUT2D eigenvalue weighted by molar-refractivity contribution is 5.34. The second-order valence-corrected chi connectivity index (χ2v) is 3.82. The zero-order chi connectivity index (χ0) is 12.1. The summed E-state index contributed by atoms with van der Waals surface area (Å²) in [5.41, 5.74) is 1.05. The maximum atomic E-state index is 10.5. The van der Waals surface area contributed by atoms with E-state index in [1.165, 1.54) is 12.1 Å². The van der Waals surface area contributed by atoms with Crippen molar-refractivity contribution in [2.75, 3.05) is 6.61 Å². The smallest absolute Gasteiger partial charge is 0.269 e. The number of benzene rings is 1. The van der Waals surface area contributed by atoms with E-state index >= 15 is 0 Å². The van der Waals surface area contributed by atoms with Crippen LogP contribution in [0.1, 0.15) is 25.5 Å². The van der Waals surface area contributed by atoms with Crippen LogP contribution in [0.3, 0.4) is 0 Å². The number of hydrogen-bond donors (Lipinski definition) is 2. The predicted molar refractivity (Wildman–Crippen MR) is 61.2 cm³/mol. The molecule has 0 amide bonds. The summed E-state index contributed by atoms with van der Waals surface area (Å²) in [4.78, 5) is 10.0.